The molecule has 0 spiro atoms. The van der Waals surface area contributed by atoms with Crippen LogP contribution >= 0.6 is 11.6 Å². The molecule has 0 aromatic heterocycles. The Morgan fingerprint density at radius 1 is 1.18 bits per heavy atom. The van der Waals surface area contributed by atoms with Gasteiger partial charge in [-0.15, -0.1) is 0 Å². The van der Waals surface area contributed by atoms with Crippen molar-refractivity contribution in [1.82, 2.24) is 14.5 Å². The molecule has 1 aromatic rings. The molecule has 1 aromatic carbocycles. The van der Waals surface area contributed by atoms with Crippen molar-refractivity contribution in [3.05, 3.63) is 28.8 Å². The number of halogens is 1. The maximum absolute atomic E-state index is 12.9. The molecule has 2 aliphatic rings. The number of carbonyl (C=O) groups excluding carboxylic acids is 1. The number of nitrogens with zero attached hydrogens (tertiary/aromatic N) is 2. The fraction of sp³-hybridized carbons (Fsp3) is 0.650. The molecule has 0 bridgehead atoms. The molecule has 1 N–H and O–H groups in total. The number of benzene rings is 1. The summed E-state index contributed by atoms with van der Waals surface area (Å²) in [6.45, 7) is 6.63. The Labute approximate surface area is 173 Å². The molecule has 0 saturated carbocycles. The van der Waals surface area contributed by atoms with Crippen molar-refractivity contribution in [2.24, 2.45) is 5.92 Å². The second kappa shape index (κ2) is 9.57. The quantitative estimate of drug-likeness (QED) is 0.679. The molecule has 2 saturated heterocycles. The van der Waals surface area contributed by atoms with Crippen LogP contribution in [-0.4, -0.2) is 62.8 Å². The lowest BCUT2D eigenvalue weighted by Crippen LogP contribution is -2.43. The van der Waals surface area contributed by atoms with E-state index in [2.05, 4.69) is 10.2 Å². The monoisotopic (exact) mass is 427 g/mol. The van der Waals surface area contributed by atoms with E-state index in [-0.39, 0.29) is 21.7 Å². The molecule has 6 nitrogen and oxygen atoms in total. The Kier molecular flexibility index (Phi) is 7.36. The third-order valence-electron chi connectivity index (χ3n) is 5.68. The van der Waals surface area contributed by atoms with Gasteiger partial charge in [-0.1, -0.05) is 17.7 Å². The van der Waals surface area contributed by atoms with Crippen LogP contribution in [0.15, 0.2) is 23.1 Å². The van der Waals surface area contributed by atoms with Gasteiger partial charge < -0.3 is 10.2 Å². The molecule has 8 heteroatoms. The minimum Gasteiger partial charge on any atom is -0.356 e. The van der Waals surface area contributed by atoms with Crippen molar-refractivity contribution in [2.45, 2.75) is 43.9 Å². The zero-order chi connectivity index (χ0) is 20.1. The molecular formula is C20H30ClN3O3S. The average molecular weight is 428 g/mol. The van der Waals surface area contributed by atoms with Crippen LogP contribution in [0, 0.1) is 12.8 Å². The van der Waals surface area contributed by atoms with Gasteiger partial charge in [0.15, 0.2) is 0 Å². The van der Waals surface area contributed by atoms with Crippen molar-refractivity contribution >= 4 is 27.5 Å². The Morgan fingerprint density at radius 3 is 2.50 bits per heavy atom. The van der Waals surface area contributed by atoms with E-state index in [0.29, 0.717) is 32.5 Å². The summed E-state index contributed by atoms with van der Waals surface area (Å²) >= 11 is 6.16. The Morgan fingerprint density at radius 2 is 1.86 bits per heavy atom. The predicted molar refractivity (Wildman–Crippen MR) is 111 cm³/mol. The third-order valence-corrected chi connectivity index (χ3v) is 8.06. The van der Waals surface area contributed by atoms with Crippen LogP contribution in [0.1, 0.15) is 37.7 Å². The zero-order valence-corrected chi connectivity index (χ0v) is 18.1. The van der Waals surface area contributed by atoms with Gasteiger partial charge in [0.2, 0.25) is 15.9 Å². The number of aryl methyl sites for hydroxylation is 1. The smallest absolute Gasteiger partial charge is 0.244 e. The van der Waals surface area contributed by atoms with E-state index in [1.54, 1.807) is 18.2 Å². The number of hydrogen-bond acceptors (Lipinski definition) is 4. The van der Waals surface area contributed by atoms with Crippen LogP contribution in [0.5, 0.6) is 0 Å². The lowest BCUT2D eigenvalue weighted by atomic mass is 9.97. The standard InChI is InChI=1S/C20H30ClN3O3S/c1-16-5-6-19(18(21)15-16)28(26,27)24-13-7-17(8-14-24)20(25)22-9-4-12-23-10-2-3-11-23/h5-6,15,17H,2-4,7-14H2,1H3,(H,22,25). The van der Waals surface area contributed by atoms with Gasteiger partial charge in [0.05, 0.1) is 5.02 Å². The highest BCUT2D eigenvalue weighted by Crippen LogP contribution is 2.29. The van der Waals surface area contributed by atoms with E-state index in [4.69, 9.17) is 11.6 Å². The van der Waals surface area contributed by atoms with Gasteiger partial charge >= 0.3 is 0 Å². The second-order valence-electron chi connectivity index (χ2n) is 7.81. The van der Waals surface area contributed by atoms with Crippen LogP contribution < -0.4 is 5.32 Å². The van der Waals surface area contributed by atoms with Crippen molar-refractivity contribution in [2.75, 3.05) is 39.3 Å². The van der Waals surface area contributed by atoms with E-state index < -0.39 is 10.0 Å². The predicted octanol–water partition coefficient (Wildman–Crippen LogP) is 2.65. The van der Waals surface area contributed by atoms with Crippen LogP contribution in [0.4, 0.5) is 0 Å². The Balaban J connectivity index is 1.46. The average Bonchev–Trinajstić information content (AvgIpc) is 3.18. The van der Waals surface area contributed by atoms with Crippen LogP contribution in [0.3, 0.4) is 0 Å². The van der Waals surface area contributed by atoms with Gasteiger partial charge in [-0.2, -0.15) is 4.31 Å². The molecule has 0 radical (unpaired) electrons. The first-order valence-corrected chi connectivity index (χ1v) is 12.0. The molecular weight excluding hydrogens is 398 g/mol. The van der Waals surface area contributed by atoms with Crippen LogP contribution in [-0.2, 0) is 14.8 Å². The number of nitrogens with one attached hydrogen (secondary N) is 1. The lowest BCUT2D eigenvalue weighted by molar-refractivity contribution is -0.126. The summed E-state index contributed by atoms with van der Waals surface area (Å²) in [5.41, 5.74) is 0.920. The molecule has 2 fully saturated rings. The second-order valence-corrected chi connectivity index (χ2v) is 10.1. The maximum atomic E-state index is 12.9. The van der Waals surface area contributed by atoms with Crippen molar-refractivity contribution in [3.63, 3.8) is 0 Å². The summed E-state index contributed by atoms with van der Waals surface area (Å²) in [5, 5.41) is 3.27. The summed E-state index contributed by atoms with van der Waals surface area (Å²) in [5.74, 6) is -0.0708. The highest BCUT2D eigenvalue weighted by Gasteiger charge is 2.33. The number of carbonyl (C=O) groups is 1. The van der Waals surface area contributed by atoms with Crippen molar-refractivity contribution < 1.29 is 13.2 Å². The SMILES string of the molecule is Cc1ccc(S(=O)(=O)N2CCC(C(=O)NCCCN3CCCC3)CC2)c(Cl)c1. The lowest BCUT2D eigenvalue weighted by Gasteiger charge is -2.30. The Bertz CT molecular complexity index is 786. The van der Waals surface area contributed by atoms with Crippen molar-refractivity contribution in [3.8, 4) is 0 Å². The van der Waals surface area contributed by atoms with Gasteiger partial charge in [-0.05, 0) is 76.4 Å². The number of rotatable bonds is 7. The number of likely N-dealkylation sites (tertiary alicyclic amines) is 1. The summed E-state index contributed by atoms with van der Waals surface area (Å²) < 4.78 is 27.2. The van der Waals surface area contributed by atoms with Crippen molar-refractivity contribution in [1.29, 1.82) is 0 Å². The molecule has 3 rings (SSSR count). The first-order chi connectivity index (χ1) is 13.4. The zero-order valence-electron chi connectivity index (χ0n) is 16.5. The highest BCUT2D eigenvalue weighted by atomic mass is 35.5. The summed E-state index contributed by atoms with van der Waals surface area (Å²) in [6, 6.07) is 4.98. The first kappa shape index (κ1) is 21.6. The molecule has 2 aliphatic heterocycles. The topological polar surface area (TPSA) is 69.7 Å². The fourth-order valence-corrected chi connectivity index (χ4v) is 6.02. The summed E-state index contributed by atoms with van der Waals surface area (Å²) in [6.07, 6.45) is 4.61. The van der Waals surface area contributed by atoms with Gasteiger partial charge in [0, 0.05) is 25.6 Å². The van der Waals surface area contributed by atoms with E-state index in [1.807, 2.05) is 6.92 Å². The molecule has 0 unspecified atom stereocenters. The largest absolute Gasteiger partial charge is 0.356 e. The summed E-state index contributed by atoms with van der Waals surface area (Å²) in [4.78, 5) is 15.0. The third kappa shape index (κ3) is 5.26. The molecule has 156 valence electrons. The van der Waals surface area contributed by atoms with Gasteiger partial charge in [-0.25, -0.2) is 8.42 Å². The number of amides is 1. The van der Waals surface area contributed by atoms with Crippen LogP contribution in [0.25, 0.3) is 0 Å². The van der Waals surface area contributed by atoms with E-state index in [0.717, 1.165) is 18.5 Å². The van der Waals surface area contributed by atoms with E-state index in [9.17, 15) is 13.2 Å². The minimum absolute atomic E-state index is 0.0480. The number of hydrogen-bond donors (Lipinski definition) is 1. The molecule has 28 heavy (non-hydrogen) atoms. The number of sulfonamides is 1. The summed E-state index contributed by atoms with van der Waals surface area (Å²) in [7, 11) is -3.62. The molecule has 0 atom stereocenters. The molecule has 1 amide bonds. The Hall–Kier alpha value is -1.15. The maximum Gasteiger partial charge on any atom is 0.244 e. The molecule has 2 heterocycles. The minimum atomic E-state index is -3.62. The van der Waals surface area contributed by atoms with Gasteiger partial charge in [0.25, 0.3) is 0 Å². The molecule has 0 aliphatic carbocycles. The van der Waals surface area contributed by atoms with Gasteiger partial charge in [-0.3, -0.25) is 4.79 Å². The van der Waals surface area contributed by atoms with Gasteiger partial charge in [0.1, 0.15) is 4.90 Å². The fourth-order valence-electron chi connectivity index (χ4n) is 3.98. The van der Waals surface area contributed by atoms with Crippen LogP contribution in [0.2, 0.25) is 5.02 Å². The highest BCUT2D eigenvalue weighted by molar-refractivity contribution is 7.89. The first-order valence-electron chi connectivity index (χ1n) is 10.1. The van der Waals surface area contributed by atoms with E-state index in [1.165, 1.54) is 30.2 Å². The normalized spacial score (nSPS) is 19.8. The number of piperidine rings is 1. The van der Waals surface area contributed by atoms with E-state index >= 15 is 0 Å².